The number of benzene rings is 1. The van der Waals surface area contributed by atoms with Crippen LogP contribution in [0.25, 0.3) is 0 Å². The molecule has 106 valence electrons. The zero-order valence-electron chi connectivity index (χ0n) is 12.0. The van der Waals surface area contributed by atoms with E-state index in [1.54, 1.807) is 13.1 Å². The third-order valence-electron chi connectivity index (χ3n) is 3.11. The van der Waals surface area contributed by atoms with Crippen molar-refractivity contribution in [3.05, 3.63) is 29.6 Å². The fraction of sp³-hybridized carbons (Fsp3) is 0.533. The minimum absolute atomic E-state index is 0.0260. The maximum atomic E-state index is 13.7. The van der Waals surface area contributed by atoms with Crippen LogP contribution in [-0.2, 0) is 4.79 Å². The first-order valence-corrected chi connectivity index (χ1v) is 6.52. The average Bonchev–Trinajstić information content (AvgIpc) is 2.37. The maximum absolute atomic E-state index is 13.7. The standard InChI is InChI=1S/C15H22FNO2/c1-10(2)7-12(9-15(18)17-3)11-5-6-14(19-4)13(16)8-11/h5-6,8,10,12H,7,9H2,1-4H3,(H,17,18). The molecule has 1 amide bonds. The van der Waals surface area contributed by atoms with Crippen molar-refractivity contribution in [1.82, 2.24) is 5.32 Å². The van der Waals surface area contributed by atoms with Crippen LogP contribution in [0.3, 0.4) is 0 Å². The SMILES string of the molecule is CNC(=O)CC(CC(C)C)c1ccc(OC)c(F)c1. The van der Waals surface area contributed by atoms with Crippen LogP contribution in [-0.4, -0.2) is 20.1 Å². The third-order valence-corrected chi connectivity index (χ3v) is 3.11. The first-order chi connectivity index (χ1) is 8.97. The summed E-state index contributed by atoms with van der Waals surface area (Å²) in [5.41, 5.74) is 0.843. The summed E-state index contributed by atoms with van der Waals surface area (Å²) >= 11 is 0. The Morgan fingerprint density at radius 2 is 2.11 bits per heavy atom. The van der Waals surface area contributed by atoms with Crippen molar-refractivity contribution in [3.63, 3.8) is 0 Å². The molecule has 0 heterocycles. The summed E-state index contributed by atoms with van der Waals surface area (Å²) in [5.74, 6) is 0.291. The summed E-state index contributed by atoms with van der Waals surface area (Å²) in [7, 11) is 3.05. The predicted molar refractivity (Wildman–Crippen MR) is 73.8 cm³/mol. The molecule has 3 nitrogen and oxygen atoms in total. The monoisotopic (exact) mass is 267 g/mol. The number of carbonyl (C=O) groups excluding carboxylic acids is 1. The van der Waals surface area contributed by atoms with E-state index in [0.29, 0.717) is 12.3 Å². The van der Waals surface area contributed by atoms with Crippen LogP contribution in [0.1, 0.15) is 38.2 Å². The number of carbonyl (C=O) groups is 1. The number of halogens is 1. The number of hydrogen-bond acceptors (Lipinski definition) is 2. The minimum atomic E-state index is -0.384. The lowest BCUT2D eigenvalue weighted by molar-refractivity contribution is -0.121. The number of hydrogen-bond donors (Lipinski definition) is 1. The summed E-state index contributed by atoms with van der Waals surface area (Å²) in [6.45, 7) is 4.19. The molecule has 4 heteroatoms. The van der Waals surface area contributed by atoms with Crippen LogP contribution < -0.4 is 10.1 Å². The molecule has 0 fully saturated rings. The predicted octanol–water partition coefficient (Wildman–Crippen LogP) is 3.10. The highest BCUT2D eigenvalue weighted by molar-refractivity contribution is 5.76. The molecular weight excluding hydrogens is 245 g/mol. The molecule has 0 spiro atoms. The van der Waals surface area contributed by atoms with Gasteiger partial charge in [-0.25, -0.2) is 4.39 Å². The van der Waals surface area contributed by atoms with Gasteiger partial charge in [0.15, 0.2) is 11.6 Å². The van der Waals surface area contributed by atoms with E-state index in [-0.39, 0.29) is 23.4 Å². The van der Waals surface area contributed by atoms with Gasteiger partial charge in [-0.3, -0.25) is 4.79 Å². The second-order valence-corrected chi connectivity index (χ2v) is 5.10. The Morgan fingerprint density at radius 1 is 1.42 bits per heavy atom. The molecule has 1 rings (SSSR count). The third kappa shape index (κ3) is 4.54. The number of nitrogens with one attached hydrogen (secondary N) is 1. The topological polar surface area (TPSA) is 38.3 Å². The fourth-order valence-electron chi connectivity index (χ4n) is 2.17. The number of ether oxygens (including phenoxy) is 1. The molecule has 0 aliphatic heterocycles. The first kappa shape index (κ1) is 15.5. The van der Waals surface area contributed by atoms with Crippen molar-refractivity contribution in [2.24, 2.45) is 5.92 Å². The lowest BCUT2D eigenvalue weighted by atomic mass is 9.87. The molecule has 0 aliphatic carbocycles. The van der Waals surface area contributed by atoms with Crippen molar-refractivity contribution < 1.29 is 13.9 Å². The van der Waals surface area contributed by atoms with Crippen LogP contribution in [0.5, 0.6) is 5.75 Å². The van der Waals surface area contributed by atoms with Gasteiger partial charge in [-0.1, -0.05) is 19.9 Å². The summed E-state index contributed by atoms with van der Waals surface area (Å²) in [4.78, 5) is 11.6. The number of methoxy groups -OCH3 is 1. The molecule has 0 bridgehead atoms. The van der Waals surface area contributed by atoms with Crippen molar-refractivity contribution in [1.29, 1.82) is 0 Å². The van der Waals surface area contributed by atoms with Gasteiger partial charge in [-0.05, 0) is 36.0 Å². The Bertz CT molecular complexity index is 432. The Hall–Kier alpha value is -1.58. The minimum Gasteiger partial charge on any atom is -0.494 e. The first-order valence-electron chi connectivity index (χ1n) is 6.52. The average molecular weight is 267 g/mol. The van der Waals surface area contributed by atoms with Gasteiger partial charge in [0.2, 0.25) is 5.91 Å². The van der Waals surface area contributed by atoms with Gasteiger partial charge in [0.1, 0.15) is 0 Å². The van der Waals surface area contributed by atoms with Crippen LogP contribution in [0, 0.1) is 11.7 Å². The molecule has 0 radical (unpaired) electrons. The highest BCUT2D eigenvalue weighted by Gasteiger charge is 2.18. The Balaban J connectivity index is 2.96. The quantitative estimate of drug-likeness (QED) is 0.860. The second kappa shape index (κ2) is 7.12. The van der Waals surface area contributed by atoms with Gasteiger partial charge in [-0.15, -0.1) is 0 Å². The molecule has 1 aromatic rings. The zero-order valence-corrected chi connectivity index (χ0v) is 12.0. The van der Waals surface area contributed by atoms with E-state index < -0.39 is 0 Å². The van der Waals surface area contributed by atoms with Gasteiger partial charge in [0.25, 0.3) is 0 Å². The molecule has 1 atom stereocenters. The number of rotatable bonds is 6. The van der Waals surface area contributed by atoms with Gasteiger partial charge in [0.05, 0.1) is 7.11 Å². The Labute approximate surface area is 114 Å². The lowest BCUT2D eigenvalue weighted by Gasteiger charge is -2.19. The molecule has 19 heavy (non-hydrogen) atoms. The van der Waals surface area contributed by atoms with Crippen LogP contribution in [0.2, 0.25) is 0 Å². The zero-order chi connectivity index (χ0) is 14.4. The largest absolute Gasteiger partial charge is 0.494 e. The summed E-state index contributed by atoms with van der Waals surface area (Å²) in [6, 6.07) is 4.91. The van der Waals surface area contributed by atoms with Crippen LogP contribution in [0.15, 0.2) is 18.2 Å². The summed E-state index contributed by atoms with van der Waals surface area (Å²) in [5, 5.41) is 2.62. The summed E-state index contributed by atoms with van der Waals surface area (Å²) < 4.78 is 18.7. The molecule has 1 aromatic carbocycles. The Morgan fingerprint density at radius 3 is 2.58 bits per heavy atom. The van der Waals surface area contributed by atoms with Gasteiger partial charge in [-0.2, -0.15) is 0 Å². The molecule has 0 aliphatic rings. The van der Waals surface area contributed by atoms with Crippen molar-refractivity contribution in [3.8, 4) is 5.75 Å². The molecule has 0 aromatic heterocycles. The van der Waals surface area contributed by atoms with E-state index >= 15 is 0 Å². The van der Waals surface area contributed by atoms with Crippen LogP contribution in [0.4, 0.5) is 4.39 Å². The summed E-state index contributed by atoms with van der Waals surface area (Å²) in [6.07, 6.45) is 1.22. The maximum Gasteiger partial charge on any atom is 0.220 e. The van der Waals surface area contributed by atoms with E-state index in [2.05, 4.69) is 19.2 Å². The van der Waals surface area contributed by atoms with E-state index in [9.17, 15) is 9.18 Å². The molecular formula is C15H22FNO2. The Kier molecular flexibility index (Phi) is 5.80. The van der Waals surface area contributed by atoms with Crippen molar-refractivity contribution >= 4 is 5.91 Å². The van der Waals surface area contributed by atoms with Gasteiger partial charge < -0.3 is 10.1 Å². The highest BCUT2D eigenvalue weighted by atomic mass is 19.1. The van der Waals surface area contributed by atoms with E-state index in [0.717, 1.165) is 12.0 Å². The van der Waals surface area contributed by atoms with Gasteiger partial charge in [0, 0.05) is 13.5 Å². The van der Waals surface area contributed by atoms with E-state index in [1.807, 2.05) is 6.07 Å². The van der Waals surface area contributed by atoms with E-state index in [1.165, 1.54) is 13.2 Å². The number of amides is 1. The van der Waals surface area contributed by atoms with Crippen molar-refractivity contribution in [2.75, 3.05) is 14.2 Å². The highest BCUT2D eigenvalue weighted by Crippen LogP contribution is 2.30. The molecule has 1 N–H and O–H groups in total. The molecule has 1 unspecified atom stereocenters. The molecule has 0 saturated heterocycles. The van der Waals surface area contributed by atoms with Crippen LogP contribution >= 0.6 is 0 Å². The fourth-order valence-corrected chi connectivity index (χ4v) is 2.17. The van der Waals surface area contributed by atoms with Crippen molar-refractivity contribution in [2.45, 2.75) is 32.6 Å². The molecule has 0 saturated carbocycles. The lowest BCUT2D eigenvalue weighted by Crippen LogP contribution is -2.21. The van der Waals surface area contributed by atoms with E-state index in [4.69, 9.17) is 4.74 Å². The second-order valence-electron chi connectivity index (χ2n) is 5.10. The van der Waals surface area contributed by atoms with Gasteiger partial charge >= 0.3 is 0 Å². The smallest absolute Gasteiger partial charge is 0.220 e. The normalized spacial score (nSPS) is 12.3.